The lowest BCUT2D eigenvalue weighted by molar-refractivity contribution is -0.201. The van der Waals surface area contributed by atoms with Crippen molar-refractivity contribution in [2.45, 2.75) is 104 Å². The number of Topliss-reactive ketones (excluding diaryl/α,β-unsaturated/α-hetero) is 2. The summed E-state index contributed by atoms with van der Waals surface area (Å²) < 4.78 is 6.60. The van der Waals surface area contributed by atoms with Crippen LogP contribution < -0.4 is 0 Å². The van der Waals surface area contributed by atoms with E-state index in [4.69, 9.17) is 4.74 Å². The van der Waals surface area contributed by atoms with Crippen molar-refractivity contribution in [2.24, 2.45) is 39.4 Å². The summed E-state index contributed by atoms with van der Waals surface area (Å²) in [5.74, 6) is -0.281. The lowest BCUT2D eigenvalue weighted by Gasteiger charge is -2.64. The first-order valence-electron chi connectivity index (χ1n) is 13.7. The number of aliphatic hydroxyl groups excluding tert-OH is 2. The van der Waals surface area contributed by atoms with Gasteiger partial charge in [-0.2, -0.15) is 0 Å². The topological polar surface area (TPSA) is 104 Å². The molecule has 1 aliphatic heterocycles. The second kappa shape index (κ2) is 7.84. The average Bonchev–Trinajstić information content (AvgIpc) is 2.99. The first-order valence-corrected chi connectivity index (χ1v) is 13.7. The number of carbonyl (C=O) groups is 2. The molecule has 1 heterocycles. The van der Waals surface area contributed by atoms with E-state index in [0.29, 0.717) is 25.7 Å². The maximum Gasteiger partial charge on any atom is 0.170 e. The van der Waals surface area contributed by atoms with Gasteiger partial charge in [-0.25, -0.2) is 0 Å². The zero-order valence-corrected chi connectivity index (χ0v) is 22.9. The predicted molar refractivity (Wildman–Crippen MR) is 136 cm³/mol. The van der Waals surface area contributed by atoms with Gasteiger partial charge in [0.25, 0.3) is 0 Å². The van der Waals surface area contributed by atoms with Gasteiger partial charge in [0.15, 0.2) is 5.78 Å². The van der Waals surface area contributed by atoms with E-state index in [1.165, 1.54) is 0 Å². The Morgan fingerprint density at radius 2 is 1.78 bits per heavy atom. The molecule has 3 N–H and O–H groups in total. The van der Waals surface area contributed by atoms with Crippen molar-refractivity contribution >= 4 is 11.6 Å². The molecule has 10 unspecified atom stereocenters. The zero-order chi connectivity index (χ0) is 26.6. The molecular formula is C30H44O6. The minimum Gasteiger partial charge on any atom is -0.392 e. The highest BCUT2D eigenvalue weighted by molar-refractivity contribution is 5.94. The minimum absolute atomic E-state index is 0.0272. The third-order valence-electron chi connectivity index (χ3n) is 11.7. The molecule has 3 saturated carbocycles. The van der Waals surface area contributed by atoms with Gasteiger partial charge in [-0.3, -0.25) is 9.59 Å². The quantitative estimate of drug-likeness (QED) is 0.499. The van der Waals surface area contributed by atoms with E-state index in [-0.39, 0.29) is 53.6 Å². The van der Waals surface area contributed by atoms with Crippen LogP contribution in [0.5, 0.6) is 0 Å². The molecule has 0 bridgehead atoms. The highest BCUT2D eigenvalue weighted by Crippen LogP contribution is 2.75. The number of ketones is 2. The lowest BCUT2D eigenvalue weighted by atomic mass is 9.38. The van der Waals surface area contributed by atoms with Gasteiger partial charge in [0.1, 0.15) is 11.9 Å². The van der Waals surface area contributed by atoms with Gasteiger partial charge >= 0.3 is 0 Å². The Kier molecular flexibility index (Phi) is 5.72. The molecule has 4 aliphatic carbocycles. The van der Waals surface area contributed by atoms with Crippen LogP contribution in [0, 0.1) is 39.4 Å². The van der Waals surface area contributed by atoms with Crippen LogP contribution >= 0.6 is 0 Å². The van der Waals surface area contributed by atoms with Crippen LogP contribution in [-0.2, 0) is 14.3 Å². The summed E-state index contributed by atoms with van der Waals surface area (Å²) in [4.78, 5) is 27.2. The highest BCUT2D eigenvalue weighted by atomic mass is 16.5. The van der Waals surface area contributed by atoms with Crippen LogP contribution in [0.25, 0.3) is 0 Å². The Morgan fingerprint density at radius 3 is 2.42 bits per heavy atom. The fourth-order valence-electron chi connectivity index (χ4n) is 9.86. The van der Waals surface area contributed by atoms with Gasteiger partial charge in [-0.05, 0) is 75.2 Å². The SMILES string of the molecule is CC(=CC1CC(C)(O)C2C(CC3(C)C4CC=C5C(CC(O)C(=O)C5(C)C)C4(C)C(=O)CC23C)O1)CO. The largest absolute Gasteiger partial charge is 0.392 e. The van der Waals surface area contributed by atoms with Crippen LogP contribution in [0.3, 0.4) is 0 Å². The first-order chi connectivity index (χ1) is 16.5. The molecule has 0 aromatic carbocycles. The maximum atomic E-state index is 14.3. The number of allylic oxidation sites excluding steroid dienone is 2. The predicted octanol–water partition coefficient (Wildman–Crippen LogP) is 3.77. The van der Waals surface area contributed by atoms with Crippen molar-refractivity contribution in [3.63, 3.8) is 0 Å². The summed E-state index contributed by atoms with van der Waals surface area (Å²) in [6.07, 6.45) is 5.16. The summed E-state index contributed by atoms with van der Waals surface area (Å²) in [5, 5.41) is 32.1. The Bertz CT molecular complexity index is 1050. The molecular weight excluding hydrogens is 456 g/mol. The smallest absolute Gasteiger partial charge is 0.170 e. The Hall–Kier alpha value is -1.34. The van der Waals surface area contributed by atoms with Crippen molar-refractivity contribution in [3.8, 4) is 0 Å². The van der Waals surface area contributed by atoms with Gasteiger partial charge in [0.05, 0.1) is 24.4 Å². The van der Waals surface area contributed by atoms with E-state index >= 15 is 0 Å². The summed E-state index contributed by atoms with van der Waals surface area (Å²) in [6.45, 7) is 14.0. The second-order valence-corrected chi connectivity index (χ2v) is 14.1. The molecule has 6 heteroatoms. The van der Waals surface area contributed by atoms with Gasteiger partial charge < -0.3 is 20.1 Å². The molecule has 200 valence electrons. The summed E-state index contributed by atoms with van der Waals surface area (Å²) >= 11 is 0. The molecule has 4 fully saturated rings. The zero-order valence-electron chi connectivity index (χ0n) is 22.9. The van der Waals surface area contributed by atoms with Gasteiger partial charge in [0, 0.05) is 29.6 Å². The number of fused-ring (bicyclic) bond motifs is 7. The van der Waals surface area contributed by atoms with Gasteiger partial charge in [-0.1, -0.05) is 38.5 Å². The van der Waals surface area contributed by atoms with E-state index in [0.717, 1.165) is 17.6 Å². The molecule has 10 atom stereocenters. The van der Waals surface area contributed by atoms with Crippen molar-refractivity contribution < 1.29 is 29.6 Å². The molecule has 5 aliphatic rings. The Morgan fingerprint density at radius 1 is 1.11 bits per heavy atom. The van der Waals surface area contributed by atoms with Crippen LogP contribution in [0.4, 0.5) is 0 Å². The number of hydrogen-bond donors (Lipinski definition) is 3. The average molecular weight is 501 g/mol. The number of hydrogen-bond acceptors (Lipinski definition) is 6. The van der Waals surface area contributed by atoms with Gasteiger partial charge in [0.2, 0.25) is 0 Å². The molecule has 0 aromatic rings. The van der Waals surface area contributed by atoms with E-state index in [2.05, 4.69) is 26.8 Å². The Labute approximate surface area is 215 Å². The molecule has 0 aromatic heterocycles. The van der Waals surface area contributed by atoms with E-state index in [9.17, 15) is 24.9 Å². The Balaban J connectivity index is 1.59. The normalized spacial score (nSPS) is 52.2. The minimum atomic E-state index is -1.05. The maximum absolute atomic E-state index is 14.3. The monoisotopic (exact) mass is 500 g/mol. The molecule has 0 radical (unpaired) electrons. The molecule has 5 rings (SSSR count). The van der Waals surface area contributed by atoms with Crippen LogP contribution in [0.2, 0.25) is 0 Å². The second-order valence-electron chi connectivity index (χ2n) is 14.1. The number of ether oxygens (including phenoxy) is 1. The number of aliphatic hydroxyl groups is 3. The van der Waals surface area contributed by atoms with Crippen LogP contribution in [0.15, 0.2) is 23.3 Å². The molecule has 36 heavy (non-hydrogen) atoms. The third-order valence-corrected chi connectivity index (χ3v) is 11.7. The van der Waals surface area contributed by atoms with E-state index in [1.54, 1.807) is 0 Å². The van der Waals surface area contributed by atoms with Crippen LogP contribution in [-0.4, -0.2) is 57.4 Å². The fourth-order valence-corrected chi connectivity index (χ4v) is 9.86. The number of rotatable bonds is 2. The number of carbonyl (C=O) groups excluding carboxylic acids is 2. The van der Waals surface area contributed by atoms with Crippen molar-refractivity contribution in [2.75, 3.05) is 6.61 Å². The summed E-state index contributed by atoms with van der Waals surface area (Å²) in [5.41, 5.74) is -1.33. The summed E-state index contributed by atoms with van der Waals surface area (Å²) in [7, 11) is 0. The lowest BCUT2D eigenvalue weighted by Crippen LogP contribution is -2.65. The first kappa shape index (κ1) is 26.3. The molecule has 6 nitrogen and oxygen atoms in total. The fraction of sp³-hybridized carbons (Fsp3) is 0.800. The van der Waals surface area contributed by atoms with Crippen molar-refractivity contribution in [1.82, 2.24) is 0 Å². The summed E-state index contributed by atoms with van der Waals surface area (Å²) in [6, 6.07) is 0. The third kappa shape index (κ3) is 3.17. The molecule has 1 saturated heterocycles. The van der Waals surface area contributed by atoms with E-state index < -0.39 is 27.9 Å². The standard InChI is InChI=1S/C30H44O6/c1-16(15-31)10-17-12-29(6,35)24-21(36-17)13-27(4)22-9-8-18-19(11-20(32)25(34)26(18,2)3)30(22,7)23(33)14-28(24,27)5/h8,10,17,19-22,24,31-32,35H,9,11-15H2,1-7H3. The van der Waals surface area contributed by atoms with Crippen molar-refractivity contribution in [3.05, 3.63) is 23.3 Å². The molecule has 0 spiro atoms. The van der Waals surface area contributed by atoms with Gasteiger partial charge in [-0.15, -0.1) is 0 Å². The van der Waals surface area contributed by atoms with Crippen LogP contribution in [0.1, 0.15) is 80.6 Å². The van der Waals surface area contributed by atoms with E-state index in [1.807, 2.05) is 33.8 Å². The van der Waals surface area contributed by atoms with Crippen molar-refractivity contribution in [1.29, 1.82) is 0 Å². The highest BCUT2D eigenvalue weighted by Gasteiger charge is 2.75. The molecule has 0 amide bonds.